The number of carbonyl (C=O) groups is 1. The molecule has 0 aliphatic carbocycles. The molecule has 0 bridgehead atoms. The number of amides is 1. The lowest BCUT2D eigenvalue weighted by Crippen LogP contribution is -3.18. The number of aliphatic hydroxyl groups excluding tert-OH is 3. The topological polar surface area (TPSA) is 361 Å². The molecule has 5 fully saturated rings. The van der Waals surface area contributed by atoms with Gasteiger partial charge >= 0.3 is 23.5 Å². The highest BCUT2D eigenvalue weighted by Gasteiger charge is 2.55. The van der Waals surface area contributed by atoms with E-state index in [9.17, 15) is 53.4 Å². The fraction of sp³-hybridized carbons (Fsp3) is 0.952. The predicted octanol–water partition coefficient (Wildman–Crippen LogP) is -6.98. The summed E-state index contributed by atoms with van der Waals surface area (Å²) in [7, 11) is -16.1. The Morgan fingerprint density at radius 2 is 1.58 bits per heavy atom. The molecule has 24 nitrogen and oxygen atoms in total. The number of likely N-dealkylation sites (tertiary alicyclic amines) is 1. The number of rotatable bonds is 13. The van der Waals surface area contributed by atoms with Crippen molar-refractivity contribution in [2.45, 2.75) is 80.3 Å². The van der Waals surface area contributed by atoms with Gasteiger partial charge in [0.2, 0.25) is 12.1 Å². The van der Waals surface area contributed by atoms with Gasteiger partial charge in [0.05, 0.1) is 57.3 Å². The number of aliphatic hydroxyl groups is 3. The predicted molar refractivity (Wildman–Crippen MR) is 154 cm³/mol. The second-order valence-corrected chi connectivity index (χ2v) is 16.4. The van der Waals surface area contributed by atoms with E-state index in [1.165, 1.54) is 4.90 Å². The van der Waals surface area contributed by atoms with Gasteiger partial charge in [-0.1, -0.05) is 0 Å². The minimum absolute atomic E-state index is 0.0702. The Morgan fingerprint density at radius 3 is 2.21 bits per heavy atom. The summed E-state index contributed by atoms with van der Waals surface area (Å²) in [5.41, 5.74) is 11.5. The SMILES string of the molecule is NC(=O)C1CCC[NH+]([C@@H]2O[C@H](COP(=O)(O)OP(=O)(O)OC[C@H]3O[C@@H](N4CNC5C(N)NCNC54)[C@H](OP(=O)(O)O)[C@@H]3O)[C@@H](O)[C@H]2O)C1. The Morgan fingerprint density at radius 1 is 0.938 bits per heavy atom. The van der Waals surface area contributed by atoms with E-state index < -0.39 is 110 Å². The quantitative estimate of drug-likeness (QED) is 0.0776. The molecule has 0 aromatic heterocycles. The number of primary amides is 1. The summed E-state index contributed by atoms with van der Waals surface area (Å²) < 4.78 is 66.9. The van der Waals surface area contributed by atoms with Gasteiger partial charge in [0.25, 0.3) is 0 Å². The van der Waals surface area contributed by atoms with Gasteiger partial charge in [-0.3, -0.25) is 34.3 Å². The standard InChI is InChI=1S/C21H42N7O17P3/c22-17-12-19(25-7-24-17)28(8-26-12)21-16(44-46(33,34)35)14(30)11(43-21)6-41-48(38,39)45-47(36,37)40-5-10-13(29)15(31)20(42-10)27-3-1-2-9(4-27)18(23)32/h9-17,19-21,24-26,29-31H,1-8,22H2,(H2,23,32)(H,36,37)(H,38,39)(H2,33,34,35)/p+1/t9?,10-,11-,12?,13-,14-,15-,16-,17?,19?,20-,21-/m1/s1. The van der Waals surface area contributed by atoms with E-state index in [-0.39, 0.29) is 25.9 Å². The molecule has 0 saturated carbocycles. The zero-order valence-electron chi connectivity index (χ0n) is 25.2. The second-order valence-electron chi connectivity index (χ2n) is 12.1. The Balaban J connectivity index is 1.15. The average molecular weight is 759 g/mol. The third-order valence-corrected chi connectivity index (χ3v) is 12.0. The van der Waals surface area contributed by atoms with Crippen LogP contribution >= 0.6 is 23.5 Å². The van der Waals surface area contributed by atoms with Crippen molar-refractivity contribution in [1.29, 1.82) is 0 Å². The molecule has 15 atom stereocenters. The van der Waals surface area contributed by atoms with Gasteiger partial charge in [0.1, 0.15) is 36.7 Å². The molecule has 48 heavy (non-hydrogen) atoms. The van der Waals surface area contributed by atoms with Gasteiger partial charge in [-0.15, -0.1) is 0 Å². The molecule has 1 amide bonds. The molecular formula is C21H43N7O17P3+. The maximum Gasteiger partial charge on any atom is 0.481 e. The number of phosphoric ester groups is 3. The van der Waals surface area contributed by atoms with Crippen LogP contribution in [0.3, 0.4) is 0 Å². The summed E-state index contributed by atoms with van der Waals surface area (Å²) >= 11 is 0. The van der Waals surface area contributed by atoms with Crippen molar-refractivity contribution < 1.29 is 85.6 Å². The number of piperidine rings is 1. The van der Waals surface area contributed by atoms with E-state index in [0.717, 1.165) is 0 Å². The number of nitrogens with one attached hydrogen (secondary N) is 4. The molecule has 5 aliphatic heterocycles. The molecule has 0 aromatic rings. The van der Waals surface area contributed by atoms with Crippen molar-refractivity contribution in [3.8, 4) is 0 Å². The summed E-state index contributed by atoms with van der Waals surface area (Å²) in [4.78, 5) is 53.0. The number of carbonyl (C=O) groups excluding carboxylic acids is 1. The van der Waals surface area contributed by atoms with Crippen LogP contribution in [0.5, 0.6) is 0 Å². The van der Waals surface area contributed by atoms with Crippen LogP contribution in [0.25, 0.3) is 0 Å². The van der Waals surface area contributed by atoms with Gasteiger partial charge < -0.3 is 60.7 Å². The first-order valence-electron chi connectivity index (χ1n) is 15.0. The van der Waals surface area contributed by atoms with Gasteiger partial charge in [-0.2, -0.15) is 4.31 Å². The van der Waals surface area contributed by atoms with Crippen LogP contribution in [0.15, 0.2) is 0 Å². The minimum Gasteiger partial charge on any atom is -0.387 e. The maximum absolute atomic E-state index is 12.6. The zero-order valence-corrected chi connectivity index (χ0v) is 27.9. The number of hydrogen-bond acceptors (Lipinski definition) is 18. The third-order valence-electron chi connectivity index (χ3n) is 8.88. The maximum atomic E-state index is 12.6. The Kier molecular flexibility index (Phi) is 12.2. The highest BCUT2D eigenvalue weighted by Crippen LogP contribution is 2.60. The first-order valence-corrected chi connectivity index (χ1v) is 19.5. The molecule has 15 N–H and O–H groups in total. The fourth-order valence-corrected chi connectivity index (χ4v) is 9.22. The lowest BCUT2D eigenvalue weighted by molar-refractivity contribution is -0.956. The highest BCUT2D eigenvalue weighted by atomic mass is 31.3. The highest BCUT2D eigenvalue weighted by molar-refractivity contribution is 7.61. The monoisotopic (exact) mass is 758 g/mol. The van der Waals surface area contributed by atoms with E-state index in [4.69, 9.17) is 34.5 Å². The molecule has 0 spiro atoms. The lowest BCUT2D eigenvalue weighted by Gasteiger charge is -2.39. The molecular weight excluding hydrogens is 715 g/mol. The van der Waals surface area contributed by atoms with Crippen molar-refractivity contribution in [1.82, 2.24) is 20.9 Å². The van der Waals surface area contributed by atoms with Gasteiger partial charge in [-0.25, -0.2) is 18.6 Å². The van der Waals surface area contributed by atoms with Gasteiger partial charge in [-0.05, 0) is 12.8 Å². The zero-order chi connectivity index (χ0) is 35.2. The number of hydrogen-bond donors (Lipinski definition) is 13. The van der Waals surface area contributed by atoms with Crippen molar-refractivity contribution >= 4 is 29.4 Å². The molecule has 5 heterocycles. The average Bonchev–Trinajstić information content (AvgIpc) is 3.64. The van der Waals surface area contributed by atoms with Crippen molar-refractivity contribution in [2.24, 2.45) is 17.4 Å². The number of quaternary nitrogens is 1. The lowest BCUT2D eigenvalue weighted by atomic mass is 9.96. The van der Waals surface area contributed by atoms with Crippen LogP contribution in [-0.4, -0.2) is 153 Å². The number of fused-ring (bicyclic) bond motifs is 1. The van der Waals surface area contributed by atoms with E-state index in [2.05, 4.69) is 20.3 Å². The van der Waals surface area contributed by atoms with Gasteiger partial charge in [0.15, 0.2) is 6.10 Å². The smallest absolute Gasteiger partial charge is 0.387 e. The summed E-state index contributed by atoms with van der Waals surface area (Å²) in [5, 5.41) is 40.9. The molecule has 27 heteroatoms. The van der Waals surface area contributed by atoms with Crippen molar-refractivity contribution in [2.75, 3.05) is 39.6 Å². The minimum atomic E-state index is -5.46. The number of nitrogens with zero attached hydrogens (tertiary/aromatic N) is 1. The first kappa shape index (κ1) is 38.6. The number of ether oxygens (including phenoxy) is 2. The van der Waals surface area contributed by atoms with E-state index in [1.807, 2.05) is 0 Å². The fourth-order valence-electron chi connectivity index (χ4n) is 6.58. The van der Waals surface area contributed by atoms with E-state index in [0.29, 0.717) is 24.3 Å². The summed E-state index contributed by atoms with van der Waals surface area (Å²) in [6, 6.07) is -0.389. The summed E-state index contributed by atoms with van der Waals surface area (Å²) in [5.74, 6) is -0.984. The second kappa shape index (κ2) is 15.2. The first-order chi connectivity index (χ1) is 22.4. The number of nitrogens with two attached hydrogens (primary N) is 2. The third kappa shape index (κ3) is 9.06. The van der Waals surface area contributed by atoms with E-state index >= 15 is 0 Å². The van der Waals surface area contributed by atoms with E-state index in [1.54, 1.807) is 0 Å². The molecule has 5 rings (SSSR count). The Labute approximate surface area is 273 Å². The number of phosphoric acid groups is 3. The van der Waals surface area contributed by atoms with Gasteiger partial charge in [0, 0.05) is 6.67 Å². The van der Waals surface area contributed by atoms with Crippen LogP contribution in [0.2, 0.25) is 0 Å². The normalized spacial score (nSPS) is 43.5. The Bertz CT molecular complexity index is 1300. The summed E-state index contributed by atoms with van der Waals surface area (Å²) in [6.45, 7) is -0.801. The van der Waals surface area contributed by atoms with Crippen LogP contribution in [0.4, 0.5) is 0 Å². The molecule has 278 valence electrons. The van der Waals surface area contributed by atoms with Crippen molar-refractivity contribution in [3.05, 3.63) is 0 Å². The molecule has 0 radical (unpaired) electrons. The molecule has 5 aliphatic rings. The molecule has 7 unspecified atom stereocenters. The summed E-state index contributed by atoms with van der Waals surface area (Å²) in [6.07, 6.45) is -11.8. The van der Waals surface area contributed by atoms with Crippen LogP contribution in [0.1, 0.15) is 12.8 Å². The molecule has 0 aromatic carbocycles. The van der Waals surface area contributed by atoms with Crippen molar-refractivity contribution in [3.63, 3.8) is 0 Å². The van der Waals surface area contributed by atoms with Crippen LogP contribution < -0.4 is 32.3 Å². The molecule has 5 saturated heterocycles. The Hall–Kier alpha value is -0.600. The van der Waals surface area contributed by atoms with Crippen LogP contribution in [-0.2, 0) is 45.8 Å². The largest absolute Gasteiger partial charge is 0.481 e. The van der Waals surface area contributed by atoms with Crippen LogP contribution in [0, 0.1) is 5.92 Å².